The molecule has 4 bridgehead atoms. The van der Waals surface area contributed by atoms with Crippen LogP contribution in [-0.2, 0) is 67.0 Å². The Morgan fingerprint density at radius 2 is 1.70 bits per heavy atom. The molecule has 2 fully saturated rings. The fourth-order valence-corrected chi connectivity index (χ4v) is 11.8. The van der Waals surface area contributed by atoms with Crippen molar-refractivity contribution in [3.05, 3.63) is 94.1 Å². The van der Waals surface area contributed by atoms with E-state index >= 15 is 0 Å². The number of hydrogen-bond donors (Lipinski definition) is 3. The zero-order chi connectivity index (χ0) is 63.0. The van der Waals surface area contributed by atoms with E-state index in [1.54, 1.807) is 79.3 Å². The Balaban J connectivity index is 1.03. The minimum Gasteiger partial charge on any atom is -0.496 e. The Kier molecular flexibility index (Phi) is 24.8. The van der Waals surface area contributed by atoms with Gasteiger partial charge in [0, 0.05) is 96.7 Å². The zero-order valence-electron chi connectivity index (χ0n) is 52.0. The van der Waals surface area contributed by atoms with Gasteiger partial charge in [0.05, 0.1) is 13.2 Å². The topological polar surface area (TPSA) is 258 Å². The van der Waals surface area contributed by atoms with Gasteiger partial charge in [0.15, 0.2) is 5.72 Å². The number of hydrogen-bond acceptors (Lipinski definition) is 17. The van der Waals surface area contributed by atoms with Crippen LogP contribution in [0, 0.1) is 12.8 Å². The molecular formula is C64H89N5O16S. The minimum atomic E-state index is -1.87. The van der Waals surface area contributed by atoms with E-state index in [-0.39, 0.29) is 74.0 Å². The molecule has 0 aromatic heterocycles. The number of rotatable bonds is 19. The number of likely N-dealkylation sites (N-methyl/N-ethyl adjacent to an activating group) is 3. The number of carbonyl (C=O) groups is 8. The van der Waals surface area contributed by atoms with Crippen molar-refractivity contribution in [1.82, 2.24) is 20.0 Å². The number of ether oxygens (including phenoxy) is 7. The Labute approximate surface area is 510 Å². The van der Waals surface area contributed by atoms with Gasteiger partial charge in [0.1, 0.15) is 60.0 Å². The summed E-state index contributed by atoms with van der Waals surface area (Å²) in [4.78, 5) is 111. The van der Waals surface area contributed by atoms with Crippen LogP contribution in [0.5, 0.6) is 5.75 Å². The molecule has 22 heteroatoms. The summed E-state index contributed by atoms with van der Waals surface area (Å²) in [5.74, 6) is -2.00. The van der Waals surface area contributed by atoms with Gasteiger partial charge in [-0.1, -0.05) is 87.0 Å². The average molecular weight is 1220 g/mol. The molecule has 2 saturated heterocycles. The van der Waals surface area contributed by atoms with Gasteiger partial charge in [0.2, 0.25) is 5.91 Å². The van der Waals surface area contributed by atoms with E-state index in [0.29, 0.717) is 41.8 Å². The molecule has 2 aliphatic heterocycles. The molecule has 2 aromatic carbocycles. The van der Waals surface area contributed by atoms with Crippen molar-refractivity contribution < 1.29 is 76.6 Å². The first-order valence-corrected chi connectivity index (χ1v) is 30.7. The molecule has 4 aliphatic rings. The van der Waals surface area contributed by atoms with Gasteiger partial charge in [-0.05, 0) is 112 Å². The highest BCUT2D eigenvalue weighted by Gasteiger charge is 2.64. The third kappa shape index (κ3) is 18.4. The standard InChI is InChI=1S/C64H89N5O16S/c1-13-47(70)26-25-46-33-44(24-27-50(46)65-59(74)82-48-21-17-15-14-16-18-22-48)38-81-61(76)67(8)29-30-68(9)62(77)86-31-28-56(72)69(10)43(6)58(73)84-55-36-51(71)40(3)49-34-45(35-52(79-11)41(49)4)32-39(2)20-19-23-54(80-12)64(78)37-53(83-60(75)66-64)42(5)57-63(55,7)85-57/h17,19-21,23-24,27,33-35,40,42-43,48,53-55,57,78H,13-16,18,22,25-26,28-32,36-38H2,1-12H3,(H,65,74)(H,66,75)/b21-17+,23-19+,39-20+/t40?,42-,43+,48?,53?,54?,55+,57+,63+,64?/m1/s1. The van der Waals surface area contributed by atoms with Crippen LogP contribution >= 0.6 is 11.8 Å². The molecule has 0 spiro atoms. The van der Waals surface area contributed by atoms with Crippen LogP contribution in [0.15, 0.2) is 66.3 Å². The number of anilines is 1. The number of esters is 1. The van der Waals surface area contributed by atoms with E-state index < -0.39 is 83.8 Å². The second-order valence-corrected chi connectivity index (χ2v) is 24.3. The number of alkyl carbamates (subject to hydrolysis) is 1. The normalized spacial score (nSPS) is 26.6. The molecule has 6 rings (SSSR count). The van der Waals surface area contributed by atoms with Crippen molar-refractivity contribution in [3.8, 4) is 5.75 Å². The summed E-state index contributed by atoms with van der Waals surface area (Å²) < 4.78 is 41.1. The summed E-state index contributed by atoms with van der Waals surface area (Å²) in [6.07, 6.45) is 8.99. The Morgan fingerprint density at radius 3 is 2.42 bits per heavy atom. The quantitative estimate of drug-likeness (QED) is 0.0512. The first kappa shape index (κ1) is 68.4. The summed E-state index contributed by atoms with van der Waals surface area (Å²) in [5.41, 5.74) is 2.07. The van der Waals surface area contributed by atoms with Gasteiger partial charge >= 0.3 is 24.2 Å². The SMILES string of the molecule is CCC(=O)CCc1cc(COC(=O)N(C)CCN(C)C(=O)SCCC(=O)N(C)[C@@H](C)C(=O)O[C@H]2CC(=O)C(C)c3cc(cc(OC)c3C)C/C(C)=C/C=C/C(OC)C3(O)CC(OC(=O)N3)[C@@H](C)[C@@H]3O[C@@]23C)ccc1NC(=O)OC1/C=C/CCCCC1. The highest BCUT2D eigenvalue weighted by molar-refractivity contribution is 8.13. The number of ketones is 2. The van der Waals surface area contributed by atoms with Gasteiger partial charge < -0.3 is 53.0 Å². The number of fused-ring (bicyclic) bond motifs is 5. The van der Waals surface area contributed by atoms with Crippen LogP contribution in [0.1, 0.15) is 139 Å². The van der Waals surface area contributed by atoms with E-state index in [1.165, 1.54) is 35.8 Å². The van der Waals surface area contributed by atoms with Crippen molar-refractivity contribution >= 4 is 64.4 Å². The van der Waals surface area contributed by atoms with Crippen molar-refractivity contribution in [1.29, 1.82) is 0 Å². The number of amides is 5. The lowest BCUT2D eigenvalue weighted by Crippen LogP contribution is -2.63. The molecule has 0 saturated carbocycles. The zero-order valence-corrected chi connectivity index (χ0v) is 52.8. The molecule has 5 unspecified atom stereocenters. The number of allylic oxidation sites excluding steroid dienone is 4. The third-order valence-electron chi connectivity index (χ3n) is 16.9. The van der Waals surface area contributed by atoms with Crippen LogP contribution in [-0.4, -0.2) is 169 Å². The first-order valence-electron chi connectivity index (χ1n) is 29.8. The molecule has 2 aliphatic carbocycles. The van der Waals surface area contributed by atoms with Crippen LogP contribution in [0.4, 0.5) is 24.9 Å². The number of benzene rings is 2. The summed E-state index contributed by atoms with van der Waals surface area (Å²) in [7, 11) is 7.56. The maximum atomic E-state index is 14.6. The van der Waals surface area contributed by atoms with Gasteiger partial charge in [-0.25, -0.2) is 19.2 Å². The predicted octanol–water partition coefficient (Wildman–Crippen LogP) is 9.67. The fourth-order valence-electron chi connectivity index (χ4n) is 11.0. The number of aliphatic hydroxyl groups is 1. The van der Waals surface area contributed by atoms with Crippen molar-refractivity contribution in [2.75, 3.05) is 59.5 Å². The van der Waals surface area contributed by atoms with E-state index in [2.05, 4.69) is 10.6 Å². The molecule has 472 valence electrons. The number of Topliss-reactive ketones (excluding diaryl/α,β-unsaturated/α-hetero) is 2. The Hall–Kier alpha value is -6.75. The maximum absolute atomic E-state index is 14.6. The summed E-state index contributed by atoms with van der Waals surface area (Å²) in [6.45, 7) is 12.6. The summed E-state index contributed by atoms with van der Waals surface area (Å²) in [5, 5.41) is 16.9. The maximum Gasteiger partial charge on any atom is 0.412 e. The Morgan fingerprint density at radius 1 is 0.953 bits per heavy atom. The molecule has 0 radical (unpaired) electrons. The number of nitrogens with zero attached hydrogens (tertiary/aromatic N) is 3. The monoisotopic (exact) mass is 1220 g/mol. The fraction of sp³-hybridized carbons (Fsp3) is 0.594. The summed E-state index contributed by atoms with van der Waals surface area (Å²) >= 11 is 0.904. The van der Waals surface area contributed by atoms with Gasteiger partial charge in [-0.2, -0.15) is 0 Å². The number of carbonyl (C=O) groups excluding carboxylic acids is 8. The highest BCUT2D eigenvalue weighted by atomic mass is 32.2. The molecule has 2 heterocycles. The van der Waals surface area contributed by atoms with Gasteiger partial charge in [0.25, 0.3) is 5.24 Å². The van der Waals surface area contributed by atoms with Crippen LogP contribution < -0.4 is 15.4 Å². The highest BCUT2D eigenvalue weighted by Crippen LogP contribution is 2.49. The number of aryl methyl sites for hydroxylation is 1. The lowest BCUT2D eigenvalue weighted by molar-refractivity contribution is -0.162. The minimum absolute atomic E-state index is 0.0692. The van der Waals surface area contributed by atoms with Crippen molar-refractivity contribution in [3.63, 3.8) is 0 Å². The average Bonchev–Trinajstić information content (AvgIpc) is 1.62. The van der Waals surface area contributed by atoms with Crippen LogP contribution in [0.25, 0.3) is 0 Å². The van der Waals surface area contributed by atoms with E-state index in [9.17, 15) is 43.5 Å². The van der Waals surface area contributed by atoms with Crippen molar-refractivity contribution in [2.24, 2.45) is 5.92 Å². The number of epoxide rings is 1. The smallest absolute Gasteiger partial charge is 0.412 e. The molecule has 5 amide bonds. The Bertz CT molecular complexity index is 2880. The van der Waals surface area contributed by atoms with Gasteiger partial charge in [-0.3, -0.25) is 29.8 Å². The molecular weight excluding hydrogens is 1130 g/mol. The second kappa shape index (κ2) is 31.2. The number of thioether (sulfide) groups is 1. The lowest BCUT2D eigenvalue weighted by atomic mass is 9.82. The van der Waals surface area contributed by atoms with Crippen LogP contribution in [0.3, 0.4) is 0 Å². The van der Waals surface area contributed by atoms with E-state index in [1.807, 2.05) is 44.2 Å². The lowest BCUT2D eigenvalue weighted by Gasteiger charge is -2.42. The first-order chi connectivity index (χ1) is 40.8. The predicted molar refractivity (Wildman–Crippen MR) is 325 cm³/mol. The molecule has 86 heavy (non-hydrogen) atoms. The largest absolute Gasteiger partial charge is 0.496 e. The summed E-state index contributed by atoms with van der Waals surface area (Å²) in [6, 6.07) is 7.98. The second-order valence-electron chi connectivity index (χ2n) is 23.3. The molecule has 21 nitrogen and oxygen atoms in total. The van der Waals surface area contributed by atoms with E-state index in [0.717, 1.165) is 66.1 Å². The molecule has 3 N–H and O–H groups in total. The van der Waals surface area contributed by atoms with Crippen molar-refractivity contribution in [2.45, 2.75) is 186 Å². The van der Waals surface area contributed by atoms with E-state index in [4.69, 9.17) is 33.2 Å². The third-order valence-corrected chi connectivity index (χ3v) is 17.9. The molecule has 2 aromatic rings. The van der Waals surface area contributed by atoms with Gasteiger partial charge in [-0.15, -0.1) is 0 Å². The number of methoxy groups -OCH3 is 2. The number of nitrogens with one attached hydrogen (secondary N) is 2. The van der Waals surface area contributed by atoms with Crippen LogP contribution in [0.2, 0.25) is 0 Å². The molecule has 10 atom stereocenters.